The summed E-state index contributed by atoms with van der Waals surface area (Å²) in [7, 11) is 0. The molecule has 0 saturated heterocycles. The van der Waals surface area contributed by atoms with E-state index in [1.54, 1.807) is 10.6 Å². The fourth-order valence-corrected chi connectivity index (χ4v) is 5.99. The highest BCUT2D eigenvalue weighted by Gasteiger charge is 2.55. The maximum Gasteiger partial charge on any atom is 0.436 e. The SMILES string of the molecule is Nc1ccc(C2=C(F)N=C([C@@H]3[C@H]4C[C@H]4c4cc(-c5cc(Cl)ccc5-n5cc(C(F)(F)F)nn5)cc(=O)n43)C2)c(F)n1. The lowest BCUT2D eigenvalue weighted by atomic mass is 9.98. The van der Waals surface area contributed by atoms with Gasteiger partial charge in [-0.15, -0.1) is 5.10 Å². The van der Waals surface area contributed by atoms with Crippen LogP contribution in [0.3, 0.4) is 0 Å². The van der Waals surface area contributed by atoms with Crippen LogP contribution in [-0.4, -0.2) is 30.3 Å². The Morgan fingerprint density at radius 3 is 2.59 bits per heavy atom. The molecule has 1 fully saturated rings. The molecule has 41 heavy (non-hydrogen) atoms. The Labute approximate surface area is 232 Å². The van der Waals surface area contributed by atoms with Gasteiger partial charge in [0.05, 0.1) is 17.9 Å². The van der Waals surface area contributed by atoms with Crippen LogP contribution in [0, 0.1) is 11.9 Å². The van der Waals surface area contributed by atoms with Gasteiger partial charge in [0.25, 0.3) is 5.56 Å². The number of benzene rings is 1. The number of nitrogens with zero attached hydrogens (tertiary/aromatic N) is 6. The van der Waals surface area contributed by atoms with Gasteiger partial charge in [-0.05, 0) is 54.3 Å². The van der Waals surface area contributed by atoms with Crippen molar-refractivity contribution in [2.45, 2.75) is 31.0 Å². The fraction of sp³-hybridized carbons (Fsp3) is 0.222. The van der Waals surface area contributed by atoms with Crippen LogP contribution in [0.1, 0.15) is 41.8 Å². The normalized spacial score (nSPS) is 21.2. The number of aliphatic imine (C=N–C) groups is 1. The Hall–Kier alpha value is -4.39. The van der Waals surface area contributed by atoms with E-state index in [1.165, 1.54) is 36.4 Å². The van der Waals surface area contributed by atoms with Gasteiger partial charge in [-0.2, -0.15) is 22.0 Å². The average molecular weight is 586 g/mol. The molecule has 3 aliphatic rings. The molecular formula is C27H17ClF5N7O. The predicted octanol–water partition coefficient (Wildman–Crippen LogP) is 5.73. The van der Waals surface area contributed by atoms with Crippen molar-refractivity contribution in [3.05, 3.63) is 92.9 Å². The molecule has 2 aliphatic heterocycles. The Kier molecular flexibility index (Phi) is 5.49. The van der Waals surface area contributed by atoms with Crippen LogP contribution >= 0.6 is 11.6 Å². The van der Waals surface area contributed by atoms with E-state index in [0.29, 0.717) is 27.6 Å². The van der Waals surface area contributed by atoms with Gasteiger partial charge in [-0.3, -0.25) is 4.79 Å². The maximum atomic E-state index is 15.0. The molecule has 208 valence electrons. The van der Waals surface area contributed by atoms with Gasteiger partial charge >= 0.3 is 6.18 Å². The van der Waals surface area contributed by atoms with Gasteiger partial charge in [0.2, 0.25) is 11.9 Å². The Morgan fingerprint density at radius 2 is 1.85 bits per heavy atom. The third kappa shape index (κ3) is 4.14. The molecule has 0 unspecified atom stereocenters. The van der Waals surface area contributed by atoms with E-state index in [-0.39, 0.29) is 40.9 Å². The lowest BCUT2D eigenvalue weighted by Crippen LogP contribution is -2.29. The van der Waals surface area contributed by atoms with Crippen LogP contribution in [0.25, 0.3) is 22.4 Å². The van der Waals surface area contributed by atoms with Crippen molar-refractivity contribution in [1.29, 1.82) is 0 Å². The zero-order chi connectivity index (χ0) is 28.8. The highest BCUT2D eigenvalue weighted by atomic mass is 35.5. The van der Waals surface area contributed by atoms with Crippen LogP contribution in [0.5, 0.6) is 0 Å². The number of allylic oxidation sites excluding steroid dienone is 1. The maximum absolute atomic E-state index is 15.0. The summed E-state index contributed by atoms with van der Waals surface area (Å²) in [6.07, 6.45) is -3.18. The van der Waals surface area contributed by atoms with Gasteiger partial charge in [-0.25, -0.2) is 14.7 Å². The van der Waals surface area contributed by atoms with Gasteiger partial charge in [0.15, 0.2) is 5.69 Å². The molecule has 1 aromatic carbocycles. The molecule has 1 aliphatic carbocycles. The summed E-state index contributed by atoms with van der Waals surface area (Å²) in [6, 6.07) is 9.87. The minimum atomic E-state index is -4.68. The topological polar surface area (TPSA) is 104 Å². The molecule has 4 aromatic rings. The van der Waals surface area contributed by atoms with E-state index in [0.717, 1.165) is 17.3 Å². The summed E-state index contributed by atoms with van der Waals surface area (Å²) in [5.41, 5.74) is 6.12. The van der Waals surface area contributed by atoms with Crippen molar-refractivity contribution < 1.29 is 22.0 Å². The van der Waals surface area contributed by atoms with Crippen LogP contribution < -0.4 is 11.3 Å². The largest absolute Gasteiger partial charge is 0.436 e. The number of fused-ring (bicyclic) bond motifs is 3. The molecule has 0 bridgehead atoms. The summed E-state index contributed by atoms with van der Waals surface area (Å²) in [5.74, 6) is -1.77. The molecule has 14 heteroatoms. The van der Waals surface area contributed by atoms with Crippen molar-refractivity contribution in [2.75, 3.05) is 5.73 Å². The monoisotopic (exact) mass is 585 g/mol. The van der Waals surface area contributed by atoms with E-state index >= 15 is 0 Å². The van der Waals surface area contributed by atoms with E-state index in [9.17, 15) is 26.7 Å². The zero-order valence-electron chi connectivity index (χ0n) is 20.7. The number of hydrogen-bond acceptors (Lipinski definition) is 6. The molecule has 3 atom stereocenters. The lowest BCUT2D eigenvalue weighted by Gasteiger charge is -2.20. The number of aromatic nitrogens is 5. The molecule has 0 radical (unpaired) electrons. The highest BCUT2D eigenvalue weighted by molar-refractivity contribution is 6.31. The summed E-state index contributed by atoms with van der Waals surface area (Å²) < 4.78 is 71.4. The van der Waals surface area contributed by atoms with E-state index in [1.807, 2.05) is 0 Å². The van der Waals surface area contributed by atoms with Crippen molar-refractivity contribution >= 4 is 28.7 Å². The predicted molar refractivity (Wildman–Crippen MR) is 140 cm³/mol. The molecule has 7 rings (SSSR count). The molecule has 8 nitrogen and oxygen atoms in total. The number of nitrogens with two attached hydrogens (primary N) is 1. The van der Waals surface area contributed by atoms with Gasteiger partial charge in [-0.1, -0.05) is 16.8 Å². The second kappa shape index (κ2) is 8.80. The second-order valence-electron chi connectivity index (χ2n) is 10.2. The van der Waals surface area contributed by atoms with E-state index in [2.05, 4.69) is 20.3 Å². The van der Waals surface area contributed by atoms with Crippen LogP contribution in [0.4, 0.5) is 27.8 Å². The first kappa shape index (κ1) is 25.6. The third-order valence-corrected chi connectivity index (χ3v) is 7.92. The molecule has 2 N–H and O–H groups in total. The fourth-order valence-electron chi connectivity index (χ4n) is 5.82. The zero-order valence-corrected chi connectivity index (χ0v) is 21.5. The lowest BCUT2D eigenvalue weighted by molar-refractivity contribution is -0.141. The summed E-state index contributed by atoms with van der Waals surface area (Å²) in [6.45, 7) is 0. The smallest absolute Gasteiger partial charge is 0.384 e. The number of halogens is 6. The Balaban J connectivity index is 1.26. The molecule has 3 aromatic heterocycles. The summed E-state index contributed by atoms with van der Waals surface area (Å²) >= 11 is 6.23. The van der Waals surface area contributed by atoms with Gasteiger partial charge < -0.3 is 10.3 Å². The second-order valence-corrected chi connectivity index (χ2v) is 10.6. The Bertz CT molecular complexity index is 1890. The first-order valence-corrected chi connectivity index (χ1v) is 12.8. The third-order valence-electron chi connectivity index (χ3n) is 7.69. The van der Waals surface area contributed by atoms with Crippen LogP contribution in [0.2, 0.25) is 5.02 Å². The molecule has 5 heterocycles. The molecular weight excluding hydrogens is 569 g/mol. The standard InChI is InChI=1S/C27H17ClF5N7O/c28-12-1-3-19(39-10-21(37-38-39)27(31,32)33)14(7-12)11-5-20-15-8-16(15)24(40(20)23(41)6-11)18-9-17(26(30)35-18)13-2-4-22(34)36-25(13)29/h1-7,10,15-16,24H,8-9H2,(H2,34,36)/t15-,16+,24+/m1/s1. The molecule has 0 amide bonds. The van der Waals surface area contributed by atoms with E-state index < -0.39 is 35.4 Å². The number of anilines is 1. The first-order chi connectivity index (χ1) is 19.5. The molecule has 0 spiro atoms. The summed E-state index contributed by atoms with van der Waals surface area (Å²) in [5, 5.41) is 7.16. The average Bonchev–Trinajstić information content (AvgIpc) is 3.21. The number of nitrogen functional groups attached to an aromatic ring is 1. The van der Waals surface area contributed by atoms with Gasteiger partial charge in [0, 0.05) is 51.5 Å². The van der Waals surface area contributed by atoms with Gasteiger partial charge in [0.1, 0.15) is 5.82 Å². The van der Waals surface area contributed by atoms with Crippen molar-refractivity contribution in [2.24, 2.45) is 10.9 Å². The Morgan fingerprint density at radius 1 is 1.05 bits per heavy atom. The van der Waals surface area contributed by atoms with Crippen LogP contribution in [0.15, 0.2) is 64.4 Å². The van der Waals surface area contributed by atoms with E-state index in [4.69, 9.17) is 17.3 Å². The quantitative estimate of drug-likeness (QED) is 0.187. The first-order valence-electron chi connectivity index (χ1n) is 12.4. The van der Waals surface area contributed by atoms with Crippen molar-refractivity contribution in [3.63, 3.8) is 0 Å². The number of hydrogen-bond donors (Lipinski definition) is 1. The number of pyridine rings is 2. The minimum absolute atomic E-state index is 0.00160. The molecule has 1 saturated carbocycles. The highest BCUT2D eigenvalue weighted by Crippen LogP contribution is 2.60. The van der Waals surface area contributed by atoms with Crippen molar-refractivity contribution in [1.82, 2.24) is 24.5 Å². The summed E-state index contributed by atoms with van der Waals surface area (Å²) in [4.78, 5) is 21.2. The van der Waals surface area contributed by atoms with Crippen LogP contribution in [-0.2, 0) is 6.18 Å². The number of rotatable bonds is 4. The van der Waals surface area contributed by atoms with Crippen molar-refractivity contribution in [3.8, 4) is 16.8 Å². The number of alkyl halides is 3. The minimum Gasteiger partial charge on any atom is -0.384 e.